The minimum atomic E-state index is 0.875. The Bertz CT molecular complexity index is 151. The molecule has 0 saturated carbocycles. The number of nitrogens with two attached hydrogens (primary N) is 1. The molecule has 1 heterocycles. The van der Waals surface area contributed by atoms with E-state index in [0.717, 1.165) is 11.6 Å². The van der Waals surface area contributed by atoms with Gasteiger partial charge in [0.1, 0.15) is 0 Å². The molecule has 1 aliphatic heterocycles. The van der Waals surface area contributed by atoms with E-state index in [9.17, 15) is 0 Å². The average molecular weight is 142 g/mol. The van der Waals surface area contributed by atoms with E-state index < -0.39 is 0 Å². The van der Waals surface area contributed by atoms with Crippen LogP contribution < -0.4 is 5.84 Å². The standard InChI is InChI=1S/C6H10N2S/c1-2-3-6-4-9-5-8(6)7/h2-4H,5,7H2,1H3/b3-2-. The molecule has 0 radical (unpaired) electrons. The van der Waals surface area contributed by atoms with Crippen molar-refractivity contribution in [1.82, 2.24) is 5.01 Å². The molecule has 50 valence electrons. The molecule has 2 nitrogen and oxygen atoms in total. The zero-order chi connectivity index (χ0) is 6.69. The molecule has 9 heavy (non-hydrogen) atoms. The first-order valence-corrected chi connectivity index (χ1v) is 3.86. The normalized spacial score (nSPS) is 19.3. The quantitative estimate of drug-likeness (QED) is 0.559. The van der Waals surface area contributed by atoms with E-state index in [1.807, 2.05) is 19.1 Å². The summed E-state index contributed by atoms with van der Waals surface area (Å²) < 4.78 is 0. The topological polar surface area (TPSA) is 29.3 Å². The maximum atomic E-state index is 5.56. The lowest BCUT2D eigenvalue weighted by Crippen LogP contribution is -2.25. The molecular weight excluding hydrogens is 132 g/mol. The van der Waals surface area contributed by atoms with Gasteiger partial charge in [-0.15, -0.1) is 11.8 Å². The Hall–Kier alpha value is -0.410. The number of hydrazine groups is 1. The van der Waals surface area contributed by atoms with E-state index in [0.29, 0.717) is 0 Å². The van der Waals surface area contributed by atoms with Crippen LogP contribution in [0.4, 0.5) is 0 Å². The second kappa shape index (κ2) is 2.94. The van der Waals surface area contributed by atoms with E-state index in [1.165, 1.54) is 0 Å². The molecule has 0 bridgehead atoms. The van der Waals surface area contributed by atoms with Crippen molar-refractivity contribution < 1.29 is 0 Å². The Balaban J connectivity index is 2.57. The molecule has 0 aromatic rings. The van der Waals surface area contributed by atoms with Crippen LogP contribution in [0.5, 0.6) is 0 Å². The molecule has 0 unspecified atom stereocenters. The van der Waals surface area contributed by atoms with E-state index in [2.05, 4.69) is 5.41 Å². The number of allylic oxidation sites excluding steroid dienone is 2. The predicted octanol–water partition coefficient (Wildman–Crippen LogP) is 1.28. The minimum absolute atomic E-state index is 0.875. The molecule has 0 fully saturated rings. The number of hydrogen-bond acceptors (Lipinski definition) is 3. The molecule has 0 aromatic heterocycles. The molecule has 0 amide bonds. The summed E-state index contributed by atoms with van der Waals surface area (Å²) >= 11 is 1.72. The maximum Gasteiger partial charge on any atom is 0.0837 e. The molecule has 0 aromatic carbocycles. The van der Waals surface area contributed by atoms with Gasteiger partial charge in [-0.05, 0) is 18.4 Å². The lowest BCUT2D eigenvalue weighted by atomic mass is 10.4. The number of hydrogen-bond donors (Lipinski definition) is 1. The summed E-state index contributed by atoms with van der Waals surface area (Å²) in [4.78, 5) is 0. The van der Waals surface area contributed by atoms with Crippen LogP contribution in [0, 0.1) is 0 Å². The first kappa shape index (κ1) is 6.71. The molecule has 3 heteroatoms. The monoisotopic (exact) mass is 142 g/mol. The van der Waals surface area contributed by atoms with Crippen molar-refractivity contribution in [2.45, 2.75) is 6.92 Å². The zero-order valence-corrected chi connectivity index (χ0v) is 6.19. The minimum Gasteiger partial charge on any atom is -0.300 e. The van der Waals surface area contributed by atoms with Crippen LogP contribution in [0.15, 0.2) is 23.3 Å². The molecule has 2 N–H and O–H groups in total. The molecule has 0 aliphatic carbocycles. The summed E-state index contributed by atoms with van der Waals surface area (Å²) in [6, 6.07) is 0. The Morgan fingerprint density at radius 1 is 1.89 bits per heavy atom. The lowest BCUT2D eigenvalue weighted by Gasteiger charge is -2.09. The molecule has 0 spiro atoms. The molecule has 1 rings (SSSR count). The van der Waals surface area contributed by atoms with Gasteiger partial charge in [-0.3, -0.25) is 0 Å². The summed E-state index contributed by atoms with van der Waals surface area (Å²) in [5, 5.41) is 3.78. The summed E-state index contributed by atoms with van der Waals surface area (Å²) in [5.74, 6) is 6.43. The van der Waals surface area contributed by atoms with Crippen LogP contribution in [0.1, 0.15) is 6.92 Å². The van der Waals surface area contributed by atoms with Gasteiger partial charge in [-0.2, -0.15) is 0 Å². The first-order chi connectivity index (χ1) is 4.34. The van der Waals surface area contributed by atoms with E-state index >= 15 is 0 Å². The van der Waals surface area contributed by atoms with Gasteiger partial charge in [0.25, 0.3) is 0 Å². The van der Waals surface area contributed by atoms with Gasteiger partial charge in [0.2, 0.25) is 0 Å². The predicted molar refractivity (Wildman–Crippen MR) is 41.4 cm³/mol. The van der Waals surface area contributed by atoms with Crippen molar-refractivity contribution in [2.75, 3.05) is 5.88 Å². The fraction of sp³-hybridized carbons (Fsp3) is 0.333. The van der Waals surface area contributed by atoms with Gasteiger partial charge in [0.05, 0.1) is 11.6 Å². The van der Waals surface area contributed by atoms with Crippen LogP contribution in [0.25, 0.3) is 0 Å². The SMILES string of the molecule is C/C=C\C1=CSCN1N. The van der Waals surface area contributed by atoms with Crippen molar-refractivity contribution in [3.05, 3.63) is 23.3 Å². The summed E-state index contributed by atoms with van der Waals surface area (Å²) in [6.45, 7) is 1.98. The van der Waals surface area contributed by atoms with Crippen molar-refractivity contribution in [3.8, 4) is 0 Å². The maximum absolute atomic E-state index is 5.56. The van der Waals surface area contributed by atoms with Crippen molar-refractivity contribution in [1.29, 1.82) is 0 Å². The Kier molecular flexibility index (Phi) is 2.19. The van der Waals surface area contributed by atoms with E-state index in [1.54, 1.807) is 16.8 Å². The van der Waals surface area contributed by atoms with Crippen molar-refractivity contribution in [2.24, 2.45) is 5.84 Å². The Morgan fingerprint density at radius 2 is 2.67 bits per heavy atom. The summed E-state index contributed by atoms with van der Waals surface area (Å²) in [5.41, 5.74) is 1.10. The molecule has 0 atom stereocenters. The van der Waals surface area contributed by atoms with Crippen molar-refractivity contribution in [3.63, 3.8) is 0 Å². The van der Waals surface area contributed by atoms with E-state index in [4.69, 9.17) is 5.84 Å². The van der Waals surface area contributed by atoms with Crippen LogP contribution in [-0.2, 0) is 0 Å². The van der Waals surface area contributed by atoms with E-state index in [-0.39, 0.29) is 0 Å². The number of rotatable bonds is 1. The Labute approximate surface area is 59.4 Å². The lowest BCUT2D eigenvalue weighted by molar-refractivity contribution is 0.446. The smallest absolute Gasteiger partial charge is 0.0837 e. The number of nitrogens with zero attached hydrogens (tertiary/aromatic N) is 1. The molecular formula is C6H10N2S. The van der Waals surface area contributed by atoms with Gasteiger partial charge >= 0.3 is 0 Å². The third-order valence-electron chi connectivity index (χ3n) is 1.09. The molecule has 0 saturated heterocycles. The third kappa shape index (κ3) is 1.50. The van der Waals surface area contributed by atoms with Gasteiger partial charge < -0.3 is 5.01 Å². The summed E-state index contributed by atoms with van der Waals surface area (Å²) in [6.07, 6.45) is 3.98. The van der Waals surface area contributed by atoms with Gasteiger partial charge in [0, 0.05) is 0 Å². The highest BCUT2D eigenvalue weighted by Gasteiger charge is 2.06. The van der Waals surface area contributed by atoms with Gasteiger partial charge in [-0.25, -0.2) is 5.84 Å². The highest BCUT2D eigenvalue weighted by atomic mass is 32.2. The Morgan fingerprint density at radius 3 is 3.11 bits per heavy atom. The fourth-order valence-electron chi connectivity index (χ4n) is 0.651. The average Bonchev–Trinajstić information content (AvgIpc) is 2.18. The van der Waals surface area contributed by atoms with Gasteiger partial charge in [0.15, 0.2) is 0 Å². The highest BCUT2D eigenvalue weighted by Crippen LogP contribution is 2.19. The first-order valence-electron chi connectivity index (χ1n) is 2.81. The number of thioether (sulfide) groups is 1. The fourth-order valence-corrected chi connectivity index (χ4v) is 1.42. The van der Waals surface area contributed by atoms with Crippen molar-refractivity contribution >= 4 is 11.8 Å². The highest BCUT2D eigenvalue weighted by molar-refractivity contribution is 8.02. The largest absolute Gasteiger partial charge is 0.300 e. The van der Waals surface area contributed by atoms with Gasteiger partial charge in [-0.1, -0.05) is 6.08 Å². The van der Waals surface area contributed by atoms with Crippen LogP contribution >= 0.6 is 11.8 Å². The zero-order valence-electron chi connectivity index (χ0n) is 5.37. The second-order valence-electron chi connectivity index (χ2n) is 1.81. The van der Waals surface area contributed by atoms with Crippen LogP contribution in [-0.4, -0.2) is 10.9 Å². The van der Waals surface area contributed by atoms with Crippen LogP contribution in [0.2, 0.25) is 0 Å². The molecule has 1 aliphatic rings. The third-order valence-corrected chi connectivity index (χ3v) is 1.92. The second-order valence-corrected chi connectivity index (χ2v) is 2.64. The van der Waals surface area contributed by atoms with Crippen LogP contribution in [0.3, 0.4) is 0 Å². The summed E-state index contributed by atoms with van der Waals surface area (Å²) in [7, 11) is 0.